The molecule has 0 saturated carbocycles. The highest BCUT2D eigenvalue weighted by molar-refractivity contribution is 5.95. The molecule has 3 heteroatoms. The molecule has 0 saturated heterocycles. The minimum Gasteiger partial charge on any atom is -0.292 e. The summed E-state index contributed by atoms with van der Waals surface area (Å²) in [6.07, 6.45) is 1.78. The largest absolute Gasteiger partial charge is 0.292 e. The summed E-state index contributed by atoms with van der Waals surface area (Å²) in [6, 6.07) is 9.63. The van der Waals surface area contributed by atoms with E-state index in [1.165, 1.54) is 12.1 Å². The van der Waals surface area contributed by atoms with Crippen molar-refractivity contribution in [1.29, 1.82) is 0 Å². The van der Waals surface area contributed by atoms with E-state index in [0.29, 0.717) is 11.3 Å². The normalized spacial score (nSPS) is 10.2. The molecule has 1 heterocycles. The molecule has 0 N–H and O–H groups in total. The number of rotatable bonds is 3. The summed E-state index contributed by atoms with van der Waals surface area (Å²) >= 11 is 0. The Bertz CT molecular complexity index is 551. The van der Waals surface area contributed by atoms with Crippen molar-refractivity contribution >= 4 is 5.78 Å². The standard InChI is InChI=1S/C14H12FNO/c1-10-5-6-16-13(7-10)14(17)9-11-3-2-4-12(15)8-11/h2-8H,9H2,1H3. The number of aromatic nitrogens is 1. The van der Waals surface area contributed by atoms with E-state index < -0.39 is 0 Å². The first-order valence-corrected chi connectivity index (χ1v) is 5.35. The van der Waals surface area contributed by atoms with E-state index in [1.54, 1.807) is 24.4 Å². The van der Waals surface area contributed by atoms with Crippen molar-refractivity contribution < 1.29 is 9.18 Å². The van der Waals surface area contributed by atoms with Crippen molar-refractivity contribution in [1.82, 2.24) is 4.98 Å². The second-order valence-corrected chi connectivity index (χ2v) is 3.95. The van der Waals surface area contributed by atoms with Crippen LogP contribution in [0.1, 0.15) is 21.6 Å². The van der Waals surface area contributed by atoms with Crippen LogP contribution in [-0.2, 0) is 6.42 Å². The van der Waals surface area contributed by atoms with E-state index in [0.717, 1.165) is 5.56 Å². The summed E-state index contributed by atoms with van der Waals surface area (Å²) < 4.78 is 13.0. The third-order valence-electron chi connectivity index (χ3n) is 2.45. The van der Waals surface area contributed by atoms with Gasteiger partial charge in [-0.05, 0) is 42.3 Å². The second kappa shape index (κ2) is 4.87. The van der Waals surface area contributed by atoms with Gasteiger partial charge in [-0.2, -0.15) is 0 Å². The first-order valence-electron chi connectivity index (χ1n) is 5.35. The molecule has 2 nitrogen and oxygen atoms in total. The Morgan fingerprint density at radius 1 is 1.29 bits per heavy atom. The number of benzene rings is 1. The molecule has 0 aliphatic carbocycles. The molecule has 0 radical (unpaired) electrons. The molecule has 0 aliphatic rings. The lowest BCUT2D eigenvalue weighted by molar-refractivity contribution is 0.0988. The van der Waals surface area contributed by atoms with Crippen molar-refractivity contribution in [2.45, 2.75) is 13.3 Å². The van der Waals surface area contributed by atoms with Crippen LogP contribution >= 0.6 is 0 Å². The highest BCUT2D eigenvalue weighted by Gasteiger charge is 2.08. The molecule has 2 aromatic rings. The third kappa shape index (κ3) is 2.97. The molecular formula is C14H12FNO. The molecule has 0 atom stereocenters. The minimum absolute atomic E-state index is 0.0979. The quantitative estimate of drug-likeness (QED) is 0.757. The van der Waals surface area contributed by atoms with Crippen molar-refractivity contribution in [2.24, 2.45) is 0 Å². The molecule has 0 amide bonds. The molecular weight excluding hydrogens is 217 g/mol. The fourth-order valence-electron chi connectivity index (χ4n) is 1.61. The van der Waals surface area contributed by atoms with Crippen molar-refractivity contribution in [3.8, 4) is 0 Å². The van der Waals surface area contributed by atoms with E-state index in [9.17, 15) is 9.18 Å². The average Bonchev–Trinajstić information content (AvgIpc) is 2.29. The monoisotopic (exact) mass is 229 g/mol. The molecule has 0 aliphatic heterocycles. The first kappa shape index (κ1) is 11.5. The lowest BCUT2D eigenvalue weighted by atomic mass is 10.1. The average molecular weight is 229 g/mol. The molecule has 2 rings (SSSR count). The molecule has 17 heavy (non-hydrogen) atoms. The van der Waals surface area contributed by atoms with Gasteiger partial charge in [0, 0.05) is 12.6 Å². The van der Waals surface area contributed by atoms with Gasteiger partial charge in [-0.15, -0.1) is 0 Å². The van der Waals surface area contributed by atoms with E-state index in [2.05, 4.69) is 4.98 Å². The van der Waals surface area contributed by atoms with E-state index in [4.69, 9.17) is 0 Å². The number of aryl methyl sites for hydroxylation is 1. The first-order chi connectivity index (χ1) is 8.15. The summed E-state index contributed by atoms with van der Waals surface area (Å²) in [5.74, 6) is -0.424. The van der Waals surface area contributed by atoms with Gasteiger partial charge in [0.2, 0.25) is 0 Å². The molecule has 86 valence electrons. The SMILES string of the molecule is Cc1ccnc(C(=O)Cc2cccc(F)c2)c1. The Morgan fingerprint density at radius 2 is 2.12 bits per heavy atom. The van der Waals surface area contributed by atoms with Gasteiger partial charge in [0.15, 0.2) is 5.78 Å². The summed E-state index contributed by atoms with van der Waals surface area (Å²) in [5, 5.41) is 0. The van der Waals surface area contributed by atoms with Crippen LogP contribution in [0.2, 0.25) is 0 Å². The van der Waals surface area contributed by atoms with Gasteiger partial charge in [0.25, 0.3) is 0 Å². The van der Waals surface area contributed by atoms with Gasteiger partial charge in [0.1, 0.15) is 11.5 Å². The Morgan fingerprint density at radius 3 is 2.82 bits per heavy atom. The number of pyridine rings is 1. The second-order valence-electron chi connectivity index (χ2n) is 3.95. The maximum Gasteiger partial charge on any atom is 0.185 e. The molecule has 0 bridgehead atoms. The summed E-state index contributed by atoms with van der Waals surface area (Å²) in [6.45, 7) is 1.90. The number of ketones is 1. The summed E-state index contributed by atoms with van der Waals surface area (Å²) in [5.41, 5.74) is 2.08. The van der Waals surface area contributed by atoms with Gasteiger partial charge in [-0.1, -0.05) is 12.1 Å². The fraction of sp³-hybridized carbons (Fsp3) is 0.143. The number of carbonyl (C=O) groups is 1. The number of Topliss-reactive ketones (excluding diaryl/α,β-unsaturated/α-hetero) is 1. The topological polar surface area (TPSA) is 30.0 Å². The van der Waals surface area contributed by atoms with Crippen LogP contribution in [0.5, 0.6) is 0 Å². The Kier molecular flexibility index (Phi) is 3.28. The van der Waals surface area contributed by atoms with Crippen LogP contribution in [0.3, 0.4) is 0 Å². The Labute approximate surface area is 99.1 Å². The van der Waals surface area contributed by atoms with Gasteiger partial charge in [0.05, 0.1) is 0 Å². The van der Waals surface area contributed by atoms with Crippen molar-refractivity contribution in [3.05, 3.63) is 65.2 Å². The lowest BCUT2D eigenvalue weighted by Gasteiger charge is -2.02. The fourth-order valence-corrected chi connectivity index (χ4v) is 1.61. The van der Waals surface area contributed by atoms with Crippen LogP contribution in [0.25, 0.3) is 0 Å². The predicted molar refractivity (Wildman–Crippen MR) is 63.4 cm³/mol. The summed E-state index contributed by atoms with van der Waals surface area (Å²) in [7, 11) is 0. The van der Waals surface area contributed by atoms with Crippen LogP contribution in [0.15, 0.2) is 42.6 Å². The molecule has 1 aromatic heterocycles. The van der Waals surface area contributed by atoms with Gasteiger partial charge < -0.3 is 0 Å². The number of nitrogens with zero attached hydrogens (tertiary/aromatic N) is 1. The zero-order valence-corrected chi connectivity index (χ0v) is 9.48. The lowest BCUT2D eigenvalue weighted by Crippen LogP contribution is -2.06. The van der Waals surface area contributed by atoms with Gasteiger partial charge >= 0.3 is 0 Å². The molecule has 1 aromatic carbocycles. The van der Waals surface area contributed by atoms with E-state index in [-0.39, 0.29) is 18.0 Å². The zero-order chi connectivity index (χ0) is 12.3. The van der Waals surface area contributed by atoms with Crippen molar-refractivity contribution in [2.75, 3.05) is 0 Å². The number of hydrogen-bond donors (Lipinski definition) is 0. The molecule has 0 fully saturated rings. The minimum atomic E-state index is -0.326. The maximum absolute atomic E-state index is 13.0. The van der Waals surface area contributed by atoms with E-state index >= 15 is 0 Å². The number of carbonyl (C=O) groups excluding carboxylic acids is 1. The Hall–Kier alpha value is -2.03. The summed E-state index contributed by atoms with van der Waals surface area (Å²) in [4.78, 5) is 15.9. The van der Waals surface area contributed by atoms with Crippen molar-refractivity contribution in [3.63, 3.8) is 0 Å². The van der Waals surface area contributed by atoms with Gasteiger partial charge in [-0.25, -0.2) is 4.39 Å². The Balaban J connectivity index is 2.17. The van der Waals surface area contributed by atoms with Crippen LogP contribution in [-0.4, -0.2) is 10.8 Å². The number of halogens is 1. The highest BCUT2D eigenvalue weighted by atomic mass is 19.1. The maximum atomic E-state index is 13.0. The molecule has 0 spiro atoms. The predicted octanol–water partition coefficient (Wildman–Crippen LogP) is 2.95. The van der Waals surface area contributed by atoms with Crippen LogP contribution in [0, 0.1) is 12.7 Å². The number of hydrogen-bond acceptors (Lipinski definition) is 2. The zero-order valence-electron chi connectivity index (χ0n) is 9.48. The smallest absolute Gasteiger partial charge is 0.185 e. The van der Waals surface area contributed by atoms with Crippen LogP contribution < -0.4 is 0 Å². The molecule has 0 unspecified atom stereocenters. The highest BCUT2D eigenvalue weighted by Crippen LogP contribution is 2.08. The van der Waals surface area contributed by atoms with Crippen LogP contribution in [0.4, 0.5) is 4.39 Å². The third-order valence-corrected chi connectivity index (χ3v) is 2.45. The van der Waals surface area contributed by atoms with E-state index in [1.807, 2.05) is 13.0 Å². The van der Waals surface area contributed by atoms with Gasteiger partial charge in [-0.3, -0.25) is 9.78 Å².